The Bertz CT molecular complexity index is 554. The molecule has 1 aromatic carbocycles. The molecule has 0 bridgehead atoms. The number of ether oxygens (including phenoxy) is 2. The monoisotopic (exact) mass is 251 g/mol. The second-order valence-corrected chi connectivity index (χ2v) is 3.75. The van der Waals surface area contributed by atoms with Crippen LogP contribution in [-0.4, -0.2) is 29.0 Å². The van der Waals surface area contributed by atoms with Gasteiger partial charge in [0.05, 0.1) is 12.7 Å². The Labute approximate surface area is 104 Å². The molecule has 0 spiro atoms. The summed E-state index contributed by atoms with van der Waals surface area (Å²) in [5, 5.41) is 4.17. The molecule has 0 atom stereocenters. The van der Waals surface area contributed by atoms with Gasteiger partial charge < -0.3 is 9.47 Å². The summed E-state index contributed by atoms with van der Waals surface area (Å²) in [7, 11) is 4.84. The number of methoxy groups -OCH3 is 2. The number of aromatic nitrogens is 3. The molecule has 1 heterocycles. The number of hydrogen-bond acceptors (Lipinski definition) is 4. The van der Waals surface area contributed by atoms with Crippen LogP contribution in [0.2, 0.25) is 0 Å². The molecular formula is C12H14FN3O2. The fourth-order valence-electron chi connectivity index (χ4n) is 1.59. The van der Waals surface area contributed by atoms with Crippen molar-refractivity contribution in [3.05, 3.63) is 29.8 Å². The van der Waals surface area contributed by atoms with Gasteiger partial charge in [-0.2, -0.15) is 5.10 Å². The first-order chi connectivity index (χ1) is 8.65. The molecule has 0 radical (unpaired) electrons. The van der Waals surface area contributed by atoms with E-state index in [0.717, 1.165) is 0 Å². The van der Waals surface area contributed by atoms with Gasteiger partial charge in [0.1, 0.15) is 18.2 Å². The number of rotatable bonds is 4. The summed E-state index contributed by atoms with van der Waals surface area (Å²) in [5.74, 6) is 1.13. The highest BCUT2D eigenvalue weighted by Crippen LogP contribution is 2.24. The molecule has 5 nitrogen and oxygen atoms in total. The van der Waals surface area contributed by atoms with Crippen molar-refractivity contribution < 1.29 is 13.9 Å². The second-order valence-electron chi connectivity index (χ2n) is 3.75. The van der Waals surface area contributed by atoms with Crippen molar-refractivity contribution >= 4 is 0 Å². The normalized spacial score (nSPS) is 10.7. The molecule has 0 saturated heterocycles. The van der Waals surface area contributed by atoms with E-state index in [1.807, 2.05) is 0 Å². The van der Waals surface area contributed by atoms with Crippen LogP contribution in [0.1, 0.15) is 5.82 Å². The van der Waals surface area contributed by atoms with Gasteiger partial charge in [-0.1, -0.05) is 0 Å². The smallest absolute Gasteiger partial charge is 0.184 e. The highest BCUT2D eigenvalue weighted by atomic mass is 19.1. The van der Waals surface area contributed by atoms with E-state index in [1.165, 1.54) is 13.2 Å². The Balaban J connectivity index is 2.44. The van der Waals surface area contributed by atoms with E-state index in [9.17, 15) is 4.39 Å². The summed E-state index contributed by atoms with van der Waals surface area (Å²) in [6.07, 6.45) is 0. The first-order valence-electron chi connectivity index (χ1n) is 5.38. The van der Waals surface area contributed by atoms with Crippen LogP contribution in [0.25, 0.3) is 11.4 Å². The minimum Gasteiger partial charge on any atom is -0.497 e. The number of hydrogen-bond donors (Lipinski definition) is 0. The lowest BCUT2D eigenvalue weighted by molar-refractivity contribution is 0.174. The van der Waals surface area contributed by atoms with Crippen molar-refractivity contribution in [2.24, 2.45) is 7.05 Å². The van der Waals surface area contributed by atoms with E-state index < -0.39 is 0 Å². The topological polar surface area (TPSA) is 49.2 Å². The third kappa shape index (κ3) is 2.33. The fourth-order valence-corrected chi connectivity index (χ4v) is 1.59. The van der Waals surface area contributed by atoms with Gasteiger partial charge in [0.15, 0.2) is 11.6 Å². The van der Waals surface area contributed by atoms with Crippen LogP contribution in [0.5, 0.6) is 5.75 Å². The predicted molar refractivity (Wildman–Crippen MR) is 63.7 cm³/mol. The SMILES string of the molecule is COCc1nc(-c2cc(OC)ccc2F)nn1C. The average molecular weight is 251 g/mol. The van der Waals surface area contributed by atoms with E-state index in [1.54, 1.807) is 31.0 Å². The molecule has 0 saturated carbocycles. The molecule has 0 aliphatic heterocycles. The molecule has 18 heavy (non-hydrogen) atoms. The van der Waals surface area contributed by atoms with Crippen LogP contribution < -0.4 is 4.74 Å². The molecule has 0 aliphatic carbocycles. The van der Waals surface area contributed by atoms with Crippen molar-refractivity contribution in [2.45, 2.75) is 6.61 Å². The summed E-state index contributed by atoms with van der Waals surface area (Å²) in [6, 6.07) is 4.46. The zero-order valence-electron chi connectivity index (χ0n) is 10.5. The van der Waals surface area contributed by atoms with Gasteiger partial charge in [0.2, 0.25) is 0 Å². The summed E-state index contributed by atoms with van der Waals surface area (Å²) in [4.78, 5) is 4.24. The van der Waals surface area contributed by atoms with Gasteiger partial charge in [-0.25, -0.2) is 9.37 Å². The van der Waals surface area contributed by atoms with Crippen molar-refractivity contribution in [3.8, 4) is 17.1 Å². The zero-order valence-corrected chi connectivity index (χ0v) is 10.5. The van der Waals surface area contributed by atoms with Gasteiger partial charge in [-0.3, -0.25) is 4.68 Å². The van der Waals surface area contributed by atoms with Crippen LogP contribution in [0.4, 0.5) is 4.39 Å². The van der Waals surface area contributed by atoms with Crippen LogP contribution in [-0.2, 0) is 18.4 Å². The highest BCUT2D eigenvalue weighted by molar-refractivity contribution is 5.58. The zero-order chi connectivity index (χ0) is 13.1. The maximum atomic E-state index is 13.7. The minimum absolute atomic E-state index is 0.312. The van der Waals surface area contributed by atoms with E-state index >= 15 is 0 Å². The maximum Gasteiger partial charge on any atom is 0.184 e. The Hall–Kier alpha value is -1.95. The van der Waals surface area contributed by atoms with Crippen LogP contribution in [0, 0.1) is 5.82 Å². The van der Waals surface area contributed by atoms with Gasteiger partial charge in [0, 0.05) is 14.2 Å². The van der Waals surface area contributed by atoms with Crippen LogP contribution >= 0.6 is 0 Å². The minimum atomic E-state index is -0.384. The van der Waals surface area contributed by atoms with E-state index in [-0.39, 0.29) is 5.82 Å². The van der Waals surface area contributed by atoms with E-state index in [0.29, 0.717) is 29.6 Å². The Morgan fingerprint density at radius 1 is 1.33 bits per heavy atom. The van der Waals surface area contributed by atoms with Crippen LogP contribution in [0.3, 0.4) is 0 Å². The molecule has 2 rings (SSSR count). The third-order valence-corrected chi connectivity index (χ3v) is 2.54. The van der Waals surface area contributed by atoms with E-state index in [4.69, 9.17) is 9.47 Å². The number of nitrogens with zero attached hydrogens (tertiary/aromatic N) is 3. The first kappa shape index (κ1) is 12.5. The Morgan fingerprint density at radius 2 is 2.11 bits per heavy atom. The number of benzene rings is 1. The van der Waals surface area contributed by atoms with Gasteiger partial charge >= 0.3 is 0 Å². The van der Waals surface area contributed by atoms with E-state index in [2.05, 4.69) is 10.1 Å². The molecule has 0 unspecified atom stereocenters. The molecule has 0 fully saturated rings. The maximum absolute atomic E-state index is 13.7. The van der Waals surface area contributed by atoms with Crippen molar-refractivity contribution in [1.82, 2.24) is 14.8 Å². The molecule has 1 aromatic heterocycles. The molecular weight excluding hydrogens is 237 g/mol. The van der Waals surface area contributed by atoms with Crippen LogP contribution in [0.15, 0.2) is 18.2 Å². The third-order valence-electron chi connectivity index (χ3n) is 2.54. The average Bonchev–Trinajstić information content (AvgIpc) is 2.72. The molecule has 0 aliphatic rings. The van der Waals surface area contributed by atoms with Gasteiger partial charge in [0.25, 0.3) is 0 Å². The predicted octanol–water partition coefficient (Wildman–Crippen LogP) is 1.78. The summed E-state index contributed by atoms with van der Waals surface area (Å²) >= 11 is 0. The largest absolute Gasteiger partial charge is 0.497 e. The Kier molecular flexibility index (Phi) is 3.57. The number of aryl methyl sites for hydroxylation is 1. The standard InChI is InChI=1S/C12H14FN3O2/c1-16-11(7-17-2)14-12(15-16)9-6-8(18-3)4-5-10(9)13/h4-6H,7H2,1-3H3. The summed E-state index contributed by atoms with van der Waals surface area (Å²) < 4.78 is 25.4. The lowest BCUT2D eigenvalue weighted by Crippen LogP contribution is -2.00. The quantitative estimate of drug-likeness (QED) is 0.831. The molecule has 96 valence electrons. The van der Waals surface area contributed by atoms with Crippen molar-refractivity contribution in [2.75, 3.05) is 14.2 Å². The lowest BCUT2D eigenvalue weighted by Gasteiger charge is -2.02. The highest BCUT2D eigenvalue weighted by Gasteiger charge is 2.14. The van der Waals surface area contributed by atoms with Gasteiger partial charge in [-0.05, 0) is 18.2 Å². The number of halogens is 1. The summed E-state index contributed by atoms with van der Waals surface area (Å²) in [5.41, 5.74) is 0.312. The van der Waals surface area contributed by atoms with Crippen molar-refractivity contribution in [3.63, 3.8) is 0 Å². The second kappa shape index (κ2) is 5.14. The molecule has 0 amide bonds. The molecule has 0 N–H and O–H groups in total. The fraction of sp³-hybridized carbons (Fsp3) is 0.333. The molecule has 2 aromatic rings. The molecule has 6 heteroatoms. The Morgan fingerprint density at radius 3 is 2.78 bits per heavy atom. The van der Waals surface area contributed by atoms with Gasteiger partial charge in [-0.15, -0.1) is 0 Å². The lowest BCUT2D eigenvalue weighted by atomic mass is 10.2. The van der Waals surface area contributed by atoms with Crippen molar-refractivity contribution in [1.29, 1.82) is 0 Å². The summed E-state index contributed by atoms with van der Waals surface area (Å²) in [6.45, 7) is 0.328. The first-order valence-corrected chi connectivity index (χ1v) is 5.38.